The van der Waals surface area contributed by atoms with Crippen LogP contribution < -0.4 is 16.1 Å². The summed E-state index contributed by atoms with van der Waals surface area (Å²) in [4.78, 5) is 65.5. The van der Waals surface area contributed by atoms with E-state index in [9.17, 15) is 33.1 Å². The first-order chi connectivity index (χ1) is 14.1. The second-order valence-corrected chi connectivity index (χ2v) is 10.4. The molecule has 0 aromatic carbocycles. The van der Waals surface area contributed by atoms with Gasteiger partial charge in [0.2, 0.25) is 0 Å². The van der Waals surface area contributed by atoms with Crippen molar-refractivity contribution >= 4 is 23.5 Å². The van der Waals surface area contributed by atoms with Crippen LogP contribution in [-0.4, -0.2) is 43.0 Å². The number of aryl methyl sites for hydroxylation is 1. The summed E-state index contributed by atoms with van der Waals surface area (Å²) in [6.45, 7) is 0.524. The summed E-state index contributed by atoms with van der Waals surface area (Å²) in [6.07, 6.45) is -1.30. The average Bonchev–Trinajstić information content (AvgIpc) is 2.96. The first kappa shape index (κ1) is 25.6. The zero-order valence-electron chi connectivity index (χ0n) is 15.3. The maximum atomic E-state index is 12.0. The maximum Gasteiger partial charge on any atom is 0.487 e. The highest BCUT2D eigenvalue weighted by Gasteiger charge is 2.41. The fourth-order valence-electron chi connectivity index (χ4n) is 2.49. The Kier molecular flexibility index (Phi) is 7.82. The van der Waals surface area contributed by atoms with Gasteiger partial charge in [0.25, 0.3) is 13.4 Å². The number of H-pyrrole nitrogens is 1. The van der Waals surface area contributed by atoms with Crippen molar-refractivity contribution in [3.05, 3.63) is 43.0 Å². The van der Waals surface area contributed by atoms with E-state index in [1.165, 1.54) is 13.1 Å². The number of nitrogens with one attached hydrogen (secondary N) is 1. The van der Waals surface area contributed by atoms with Crippen LogP contribution >= 0.6 is 23.5 Å². The van der Waals surface area contributed by atoms with E-state index in [1.807, 2.05) is 4.98 Å². The molecule has 4 N–H and O–H groups in total. The van der Waals surface area contributed by atoms with Gasteiger partial charge in [-0.1, -0.05) is 5.11 Å². The number of rotatable bonds is 9. The first-order valence-corrected chi connectivity index (χ1v) is 12.4. The predicted molar refractivity (Wildman–Crippen MR) is 95.1 cm³/mol. The highest BCUT2D eigenvalue weighted by molar-refractivity contribution is 7.66. The fourth-order valence-corrected chi connectivity index (χ4v) is 5.49. The molecule has 2 rings (SSSR count). The summed E-state index contributed by atoms with van der Waals surface area (Å²) in [5.41, 5.74) is 7.36. The molecule has 0 saturated carbocycles. The van der Waals surface area contributed by atoms with Crippen molar-refractivity contribution in [2.24, 2.45) is 5.11 Å². The lowest BCUT2D eigenvalue weighted by Gasteiger charge is -2.22. The normalized spacial score (nSPS) is 26.9. The quantitative estimate of drug-likeness (QED) is 0.143. The van der Waals surface area contributed by atoms with E-state index < -0.39 is 59.7 Å². The first-order valence-electron chi connectivity index (χ1n) is 7.91. The smallest absolute Gasteiger partial charge is 0.487 e. The van der Waals surface area contributed by atoms with Gasteiger partial charge in [-0.25, -0.2) is 18.2 Å². The molecule has 1 aromatic rings. The van der Waals surface area contributed by atoms with Crippen LogP contribution in [0.4, 0.5) is 0 Å². The Morgan fingerprint density at radius 3 is 2.55 bits per heavy atom. The largest absolute Gasteiger partial charge is 0.756 e. The predicted octanol–water partition coefficient (Wildman–Crippen LogP) is -0.477. The van der Waals surface area contributed by atoms with Crippen LogP contribution in [0.3, 0.4) is 0 Å². The Morgan fingerprint density at radius 2 is 1.97 bits per heavy atom. The minimum atomic E-state index is -5.80. The van der Waals surface area contributed by atoms with Crippen molar-refractivity contribution in [3.8, 4) is 0 Å². The summed E-state index contributed by atoms with van der Waals surface area (Å²) in [5, 5.41) is 3.41. The third-order valence-electron chi connectivity index (χ3n) is 3.67. The summed E-state index contributed by atoms with van der Waals surface area (Å²) in [6, 6.07) is -1.05. The Balaban J connectivity index is 2.14. The van der Waals surface area contributed by atoms with E-state index in [4.69, 9.17) is 20.1 Å². The lowest BCUT2D eigenvalue weighted by molar-refractivity contribution is -0.212. The number of azide groups is 1. The molecule has 21 heteroatoms. The van der Waals surface area contributed by atoms with Gasteiger partial charge in [0.1, 0.15) is 6.23 Å². The van der Waals surface area contributed by atoms with Crippen LogP contribution in [0.1, 0.15) is 18.2 Å². The molecule has 18 nitrogen and oxygen atoms in total. The summed E-state index contributed by atoms with van der Waals surface area (Å²) in [7, 11) is -17.0. The molecular weight excluding hydrogens is 491 g/mol. The van der Waals surface area contributed by atoms with E-state index in [2.05, 4.69) is 23.2 Å². The van der Waals surface area contributed by atoms with E-state index >= 15 is 0 Å². The van der Waals surface area contributed by atoms with E-state index in [0.29, 0.717) is 0 Å². The molecule has 174 valence electrons. The van der Waals surface area contributed by atoms with Gasteiger partial charge >= 0.3 is 21.3 Å². The number of ether oxygens (including phenoxy) is 1. The minimum absolute atomic E-state index is 0.119. The fraction of sp³-hybridized carbons (Fsp3) is 0.600. The van der Waals surface area contributed by atoms with Crippen LogP contribution in [0, 0.1) is 6.92 Å². The molecule has 0 aliphatic carbocycles. The molecular formula is C10H15N5O13P3-. The van der Waals surface area contributed by atoms with Gasteiger partial charge in [-0.05, 0) is 12.5 Å². The molecule has 0 amide bonds. The van der Waals surface area contributed by atoms with Crippen molar-refractivity contribution in [1.29, 1.82) is 0 Å². The molecule has 0 spiro atoms. The highest BCUT2D eigenvalue weighted by atomic mass is 31.3. The number of aromatic nitrogens is 2. The van der Waals surface area contributed by atoms with Crippen molar-refractivity contribution < 1.29 is 51.2 Å². The molecule has 31 heavy (non-hydrogen) atoms. The number of nitrogens with zero attached hydrogens (tertiary/aromatic N) is 4. The topological polar surface area (TPSA) is 275 Å². The van der Waals surface area contributed by atoms with Gasteiger partial charge in [0.05, 0.1) is 18.8 Å². The lowest BCUT2D eigenvalue weighted by Crippen LogP contribution is -2.33. The molecule has 1 saturated heterocycles. The van der Waals surface area contributed by atoms with Gasteiger partial charge in [-0.15, -0.1) is 0 Å². The van der Waals surface area contributed by atoms with E-state index in [1.54, 1.807) is 0 Å². The molecule has 0 bridgehead atoms. The second-order valence-electron chi connectivity index (χ2n) is 5.98. The molecule has 1 aliphatic rings. The minimum Gasteiger partial charge on any atom is -0.756 e. The third kappa shape index (κ3) is 7.47. The van der Waals surface area contributed by atoms with Crippen LogP contribution in [0.15, 0.2) is 20.9 Å². The van der Waals surface area contributed by atoms with Crippen molar-refractivity contribution in [3.63, 3.8) is 0 Å². The van der Waals surface area contributed by atoms with Crippen molar-refractivity contribution in [2.75, 3.05) is 6.61 Å². The standard InChI is InChI=1S/C10H16N5O13P3/c1-5-3-15(10(17)12-9(5)16)8-2-6(13-14-11)7(26-8)4-25-30(21,22)28-31(23,24)27-29(18,19)20/h3,6-8H,2,4H2,1H3,(H,21,22)(H,23,24)(H,12,16,17)(H2,18,19,20)/p-1/t6-,7-,8-/m1/s1. The Morgan fingerprint density at radius 1 is 1.32 bits per heavy atom. The molecule has 1 aromatic heterocycles. The second kappa shape index (κ2) is 9.46. The van der Waals surface area contributed by atoms with Crippen LogP contribution in [0.5, 0.6) is 0 Å². The van der Waals surface area contributed by atoms with Crippen LogP contribution in [0.2, 0.25) is 0 Å². The van der Waals surface area contributed by atoms with Gasteiger partial charge < -0.3 is 24.3 Å². The lowest BCUT2D eigenvalue weighted by atomic mass is 10.1. The molecule has 1 aliphatic heterocycles. The number of aromatic amines is 1. The number of phosphoric ester groups is 1. The van der Waals surface area contributed by atoms with Gasteiger partial charge in [-0.2, -0.15) is 4.31 Å². The Bertz CT molecular complexity index is 1140. The zero-order valence-corrected chi connectivity index (χ0v) is 18.0. The SMILES string of the molecule is Cc1cn([C@H]2C[C@@H](N=[N+]=[N-])[C@@H](COP(=O)(O)OP(=O)(O)OP(=O)([O-])O)O2)c(=O)[nH]c1=O. The van der Waals surface area contributed by atoms with Crippen LogP contribution in [-0.2, 0) is 31.6 Å². The maximum absolute atomic E-state index is 12.0. The summed E-state index contributed by atoms with van der Waals surface area (Å²) < 4.78 is 51.5. The number of hydrogen-bond acceptors (Lipinski definition) is 11. The van der Waals surface area contributed by atoms with E-state index in [-0.39, 0.29) is 12.0 Å². The van der Waals surface area contributed by atoms with Crippen molar-refractivity contribution in [2.45, 2.75) is 31.7 Å². The summed E-state index contributed by atoms with van der Waals surface area (Å²) in [5.74, 6) is 0. The monoisotopic (exact) mass is 506 g/mol. The Labute approximate surface area is 171 Å². The average molecular weight is 506 g/mol. The molecule has 3 unspecified atom stereocenters. The molecule has 1 fully saturated rings. The highest BCUT2D eigenvalue weighted by Crippen LogP contribution is 2.65. The van der Waals surface area contributed by atoms with Crippen molar-refractivity contribution in [1.82, 2.24) is 9.55 Å². The summed E-state index contributed by atoms with van der Waals surface area (Å²) >= 11 is 0. The van der Waals surface area contributed by atoms with Gasteiger partial charge in [-0.3, -0.25) is 23.4 Å². The molecule has 0 radical (unpaired) electrons. The number of phosphoric acid groups is 3. The molecule has 2 heterocycles. The van der Waals surface area contributed by atoms with Gasteiger partial charge in [0, 0.05) is 23.1 Å². The van der Waals surface area contributed by atoms with Gasteiger partial charge in [0.15, 0.2) is 0 Å². The third-order valence-corrected chi connectivity index (χ3v) is 7.45. The van der Waals surface area contributed by atoms with E-state index in [0.717, 1.165) is 4.57 Å². The number of hydrogen-bond donors (Lipinski definition) is 4. The Hall–Kier alpha value is -1.64. The molecule has 6 atom stereocenters. The van der Waals surface area contributed by atoms with Crippen LogP contribution in [0.25, 0.3) is 10.4 Å². The zero-order chi connectivity index (χ0) is 23.6.